The summed E-state index contributed by atoms with van der Waals surface area (Å²) in [5.41, 5.74) is 0.516. The van der Waals surface area contributed by atoms with Crippen LogP contribution in [-0.4, -0.2) is 50.8 Å². The smallest absolute Gasteiger partial charge is 0.389 e. The van der Waals surface area contributed by atoms with E-state index in [1.165, 1.54) is 14.2 Å². The first kappa shape index (κ1) is 18.4. The average molecular weight is 346 g/mol. The van der Waals surface area contributed by atoms with Crippen LogP contribution in [-0.2, 0) is 4.79 Å². The van der Waals surface area contributed by atoms with Crippen molar-refractivity contribution in [3.63, 3.8) is 0 Å². The highest BCUT2D eigenvalue weighted by Gasteiger charge is 2.35. The van der Waals surface area contributed by atoms with Crippen LogP contribution in [0.25, 0.3) is 0 Å². The number of hydrogen-bond donors (Lipinski definition) is 1. The Kier molecular flexibility index (Phi) is 5.93. The van der Waals surface area contributed by atoms with Crippen molar-refractivity contribution in [2.75, 3.05) is 39.2 Å². The van der Waals surface area contributed by atoms with Crippen LogP contribution in [0.5, 0.6) is 11.5 Å². The molecule has 0 saturated carbocycles. The van der Waals surface area contributed by atoms with E-state index < -0.39 is 18.5 Å². The third-order valence-electron chi connectivity index (χ3n) is 3.89. The van der Waals surface area contributed by atoms with Crippen molar-refractivity contribution >= 4 is 11.6 Å². The molecule has 1 N–H and O–H groups in total. The van der Waals surface area contributed by atoms with Crippen LogP contribution < -0.4 is 14.8 Å². The highest BCUT2D eigenvalue weighted by atomic mass is 19.4. The number of amides is 1. The lowest BCUT2D eigenvalue weighted by molar-refractivity contribution is -0.143. The molecule has 1 unspecified atom stereocenters. The minimum atomic E-state index is -4.15. The quantitative estimate of drug-likeness (QED) is 0.861. The summed E-state index contributed by atoms with van der Waals surface area (Å²) in [4.78, 5) is 13.8. The topological polar surface area (TPSA) is 50.8 Å². The first-order valence-corrected chi connectivity index (χ1v) is 7.61. The van der Waals surface area contributed by atoms with E-state index in [2.05, 4.69) is 5.32 Å². The molecular formula is C16H21F3N2O3. The van der Waals surface area contributed by atoms with Crippen molar-refractivity contribution in [2.24, 2.45) is 5.92 Å². The highest BCUT2D eigenvalue weighted by Crippen LogP contribution is 2.30. The maximum absolute atomic E-state index is 12.4. The Morgan fingerprint density at radius 1 is 1.25 bits per heavy atom. The summed E-state index contributed by atoms with van der Waals surface area (Å²) in [7, 11) is 3.01. The normalized spacial score (nSPS) is 18.5. The molecule has 2 rings (SSSR count). The number of anilines is 1. The fourth-order valence-electron chi connectivity index (χ4n) is 2.83. The van der Waals surface area contributed by atoms with E-state index in [0.29, 0.717) is 30.2 Å². The summed E-state index contributed by atoms with van der Waals surface area (Å²) >= 11 is 0. The SMILES string of the molecule is COc1cc(NC(=O)CN2CCC(CC(F)(F)F)C2)cc(OC)c1. The third-order valence-corrected chi connectivity index (χ3v) is 3.89. The van der Waals surface area contributed by atoms with Crippen molar-refractivity contribution in [2.45, 2.75) is 19.0 Å². The summed E-state index contributed by atoms with van der Waals surface area (Å²) < 4.78 is 47.5. The predicted octanol–water partition coefficient (Wildman–Crippen LogP) is 2.92. The largest absolute Gasteiger partial charge is 0.497 e. The molecule has 0 aliphatic carbocycles. The van der Waals surface area contributed by atoms with Crippen molar-refractivity contribution in [1.29, 1.82) is 0 Å². The number of nitrogens with zero attached hydrogens (tertiary/aromatic N) is 1. The molecule has 1 aromatic carbocycles. The summed E-state index contributed by atoms with van der Waals surface area (Å²) in [6.45, 7) is 0.845. The fraction of sp³-hybridized carbons (Fsp3) is 0.562. The second kappa shape index (κ2) is 7.74. The first-order valence-electron chi connectivity index (χ1n) is 7.61. The molecule has 0 bridgehead atoms. The number of carbonyl (C=O) groups is 1. The van der Waals surface area contributed by atoms with Gasteiger partial charge in [0.25, 0.3) is 0 Å². The molecule has 1 aliphatic heterocycles. The lowest BCUT2D eigenvalue weighted by atomic mass is 10.1. The number of methoxy groups -OCH3 is 2. The van der Waals surface area contributed by atoms with Crippen molar-refractivity contribution < 1.29 is 27.4 Å². The highest BCUT2D eigenvalue weighted by molar-refractivity contribution is 5.92. The van der Waals surface area contributed by atoms with Gasteiger partial charge in [-0.1, -0.05) is 0 Å². The molecular weight excluding hydrogens is 325 g/mol. The summed E-state index contributed by atoms with van der Waals surface area (Å²) in [5, 5.41) is 2.72. The predicted molar refractivity (Wildman–Crippen MR) is 83.4 cm³/mol. The Morgan fingerprint density at radius 3 is 2.42 bits per heavy atom. The number of nitrogens with one attached hydrogen (secondary N) is 1. The number of hydrogen-bond acceptors (Lipinski definition) is 4. The lowest BCUT2D eigenvalue weighted by Gasteiger charge is -2.17. The number of ether oxygens (including phenoxy) is 2. The Balaban J connectivity index is 1.88. The van der Waals surface area contributed by atoms with Crippen LogP contribution in [0.3, 0.4) is 0 Å². The number of carbonyl (C=O) groups excluding carboxylic acids is 1. The minimum absolute atomic E-state index is 0.0634. The standard InChI is InChI=1S/C16H21F3N2O3/c1-23-13-5-12(6-14(7-13)24-2)20-15(22)10-21-4-3-11(9-21)8-16(17,18)19/h5-7,11H,3-4,8-10H2,1-2H3,(H,20,22). The molecule has 0 aromatic heterocycles. The van der Waals surface area contributed by atoms with Gasteiger partial charge in [0.05, 0.1) is 20.8 Å². The Hall–Kier alpha value is -1.96. The van der Waals surface area contributed by atoms with Gasteiger partial charge >= 0.3 is 6.18 Å². The number of likely N-dealkylation sites (tertiary alicyclic amines) is 1. The molecule has 1 amide bonds. The first-order chi connectivity index (χ1) is 11.3. The van der Waals surface area contributed by atoms with Gasteiger partial charge in [0.2, 0.25) is 5.91 Å². The number of alkyl halides is 3. The van der Waals surface area contributed by atoms with Crippen LogP contribution in [0.1, 0.15) is 12.8 Å². The third kappa shape index (κ3) is 5.59. The van der Waals surface area contributed by atoms with Gasteiger partial charge in [-0.3, -0.25) is 9.69 Å². The van der Waals surface area contributed by atoms with E-state index in [1.54, 1.807) is 23.1 Å². The van der Waals surface area contributed by atoms with Crippen molar-refractivity contribution in [3.05, 3.63) is 18.2 Å². The zero-order valence-electron chi connectivity index (χ0n) is 13.7. The van der Waals surface area contributed by atoms with Gasteiger partial charge in [0.1, 0.15) is 11.5 Å². The van der Waals surface area contributed by atoms with E-state index >= 15 is 0 Å². The summed E-state index contributed by atoms with van der Waals surface area (Å²) in [5.74, 6) is 0.361. The van der Waals surface area contributed by atoms with Gasteiger partial charge in [-0.25, -0.2) is 0 Å². The zero-order chi connectivity index (χ0) is 17.7. The van der Waals surface area contributed by atoms with Crippen LogP contribution in [0, 0.1) is 5.92 Å². The molecule has 1 atom stereocenters. The number of rotatable bonds is 6. The molecule has 1 fully saturated rings. The zero-order valence-corrected chi connectivity index (χ0v) is 13.7. The Labute approximate surface area is 138 Å². The molecule has 8 heteroatoms. The van der Waals surface area contributed by atoms with E-state index in [4.69, 9.17) is 9.47 Å². The molecule has 1 heterocycles. The van der Waals surface area contributed by atoms with E-state index in [0.717, 1.165) is 0 Å². The average Bonchev–Trinajstić information content (AvgIpc) is 2.91. The molecule has 1 aromatic rings. The van der Waals surface area contributed by atoms with Gasteiger partial charge in [-0.15, -0.1) is 0 Å². The summed E-state index contributed by atoms with van der Waals surface area (Å²) in [6, 6.07) is 4.98. The maximum Gasteiger partial charge on any atom is 0.389 e. The molecule has 0 radical (unpaired) electrons. The van der Waals surface area contributed by atoms with Gasteiger partial charge in [0.15, 0.2) is 0 Å². The van der Waals surface area contributed by atoms with Gasteiger partial charge < -0.3 is 14.8 Å². The monoisotopic (exact) mass is 346 g/mol. The molecule has 1 saturated heterocycles. The summed E-state index contributed by atoms with van der Waals surface area (Å²) in [6.07, 6.45) is -4.49. The maximum atomic E-state index is 12.4. The van der Waals surface area contributed by atoms with E-state index in [1.807, 2.05) is 0 Å². The van der Waals surface area contributed by atoms with Crippen LogP contribution >= 0.6 is 0 Å². The van der Waals surface area contributed by atoms with Gasteiger partial charge in [-0.05, 0) is 18.9 Å². The molecule has 1 aliphatic rings. The second-order valence-electron chi connectivity index (χ2n) is 5.86. The van der Waals surface area contributed by atoms with Gasteiger partial charge in [0, 0.05) is 36.9 Å². The minimum Gasteiger partial charge on any atom is -0.497 e. The Morgan fingerprint density at radius 2 is 1.88 bits per heavy atom. The van der Waals surface area contributed by atoms with E-state index in [-0.39, 0.29) is 19.0 Å². The molecule has 5 nitrogen and oxygen atoms in total. The fourth-order valence-corrected chi connectivity index (χ4v) is 2.83. The van der Waals surface area contributed by atoms with Crippen LogP contribution in [0.15, 0.2) is 18.2 Å². The number of halogens is 3. The second-order valence-corrected chi connectivity index (χ2v) is 5.86. The molecule has 134 valence electrons. The molecule has 24 heavy (non-hydrogen) atoms. The van der Waals surface area contributed by atoms with Crippen molar-refractivity contribution in [1.82, 2.24) is 4.90 Å². The van der Waals surface area contributed by atoms with Gasteiger partial charge in [-0.2, -0.15) is 13.2 Å². The number of benzene rings is 1. The Bertz CT molecular complexity index is 556. The van der Waals surface area contributed by atoms with Crippen LogP contribution in [0.2, 0.25) is 0 Å². The van der Waals surface area contributed by atoms with E-state index in [9.17, 15) is 18.0 Å². The molecule has 0 spiro atoms. The lowest BCUT2D eigenvalue weighted by Crippen LogP contribution is -2.32. The van der Waals surface area contributed by atoms with Crippen LogP contribution in [0.4, 0.5) is 18.9 Å². The van der Waals surface area contributed by atoms with Crippen molar-refractivity contribution in [3.8, 4) is 11.5 Å².